The van der Waals surface area contributed by atoms with Crippen molar-refractivity contribution in [2.45, 2.75) is 24.9 Å². The maximum Gasteiger partial charge on any atom is 0.322 e. The summed E-state index contributed by atoms with van der Waals surface area (Å²) < 4.78 is 14.1. The van der Waals surface area contributed by atoms with Crippen molar-refractivity contribution >= 4 is 48.4 Å². The smallest absolute Gasteiger partial charge is 0.322 e. The Morgan fingerprint density at radius 3 is 1.45 bits per heavy atom. The Bertz CT molecular complexity index is 774. The van der Waals surface area contributed by atoms with Crippen LogP contribution in [0.5, 0.6) is 5.75 Å². The van der Waals surface area contributed by atoms with E-state index in [1.54, 1.807) is 19.2 Å². The highest BCUT2D eigenvalue weighted by atomic mass is 35.5. The third-order valence-corrected chi connectivity index (χ3v) is 4.24. The third kappa shape index (κ3) is 11.8. The molecule has 0 aliphatic carbocycles. The van der Waals surface area contributed by atoms with Crippen molar-refractivity contribution in [2.24, 2.45) is 11.5 Å². The second-order valence-corrected chi connectivity index (χ2v) is 6.58. The first-order valence-corrected chi connectivity index (χ1v) is 9.22. The first-order valence-electron chi connectivity index (χ1n) is 8.84. The highest BCUT2D eigenvalue weighted by Gasteiger charge is 2.14. The predicted octanol–water partition coefficient (Wildman–Crippen LogP) is 2.96. The molecule has 0 radical (unpaired) electrons. The Morgan fingerprint density at radius 2 is 1.13 bits per heavy atom. The van der Waals surface area contributed by atoms with E-state index in [-0.39, 0.29) is 24.8 Å². The fourth-order valence-electron chi connectivity index (χ4n) is 2.36. The van der Waals surface area contributed by atoms with E-state index in [4.69, 9.17) is 27.8 Å². The summed E-state index contributed by atoms with van der Waals surface area (Å²) in [6, 6.07) is 13.4. The lowest BCUT2D eigenvalue weighted by Crippen LogP contribution is -2.33. The molecule has 2 atom stereocenters. The molecule has 0 aliphatic rings. The van der Waals surface area contributed by atoms with E-state index in [2.05, 4.69) is 9.47 Å². The topological polar surface area (TPSA) is 114 Å². The fraction of sp³-hybridized carbons (Fsp3) is 0.333. The summed E-state index contributed by atoms with van der Waals surface area (Å²) >= 11 is 5.72. The van der Waals surface area contributed by atoms with Crippen LogP contribution in [0.4, 0.5) is 0 Å². The van der Waals surface area contributed by atoms with Gasteiger partial charge in [0.1, 0.15) is 17.8 Å². The van der Waals surface area contributed by atoms with Gasteiger partial charge in [-0.15, -0.1) is 24.8 Å². The summed E-state index contributed by atoms with van der Waals surface area (Å²) in [5, 5.41) is 0.667. The normalized spacial score (nSPS) is 11.3. The van der Waals surface area contributed by atoms with Gasteiger partial charge in [0.15, 0.2) is 0 Å². The molecule has 7 nitrogen and oxygen atoms in total. The lowest BCUT2D eigenvalue weighted by Gasteiger charge is -2.09. The maximum atomic E-state index is 11.1. The predicted molar refractivity (Wildman–Crippen MR) is 126 cm³/mol. The number of benzene rings is 2. The molecule has 0 amide bonds. The van der Waals surface area contributed by atoms with Gasteiger partial charge >= 0.3 is 11.9 Å². The van der Waals surface area contributed by atoms with Gasteiger partial charge in [-0.1, -0.05) is 35.9 Å². The number of hydrogen-bond acceptors (Lipinski definition) is 7. The van der Waals surface area contributed by atoms with Gasteiger partial charge in [0, 0.05) is 5.02 Å². The molecule has 0 saturated heterocycles. The Morgan fingerprint density at radius 1 is 0.774 bits per heavy atom. The van der Waals surface area contributed by atoms with Crippen molar-refractivity contribution in [1.82, 2.24) is 0 Å². The number of rotatable bonds is 7. The minimum absolute atomic E-state index is 0. The van der Waals surface area contributed by atoms with E-state index < -0.39 is 24.0 Å². The van der Waals surface area contributed by atoms with Gasteiger partial charge in [0.05, 0.1) is 21.3 Å². The average molecular weight is 496 g/mol. The quantitative estimate of drug-likeness (QED) is 0.568. The van der Waals surface area contributed by atoms with Crippen molar-refractivity contribution in [1.29, 1.82) is 0 Å². The van der Waals surface area contributed by atoms with E-state index in [1.165, 1.54) is 14.2 Å². The highest BCUT2D eigenvalue weighted by molar-refractivity contribution is 6.30. The van der Waals surface area contributed by atoms with E-state index in [1.807, 2.05) is 36.4 Å². The van der Waals surface area contributed by atoms with Crippen LogP contribution in [0, 0.1) is 0 Å². The van der Waals surface area contributed by atoms with Crippen LogP contribution in [0.3, 0.4) is 0 Å². The number of hydrogen-bond donors (Lipinski definition) is 2. The number of carbonyl (C=O) groups excluding carboxylic acids is 2. The summed E-state index contributed by atoms with van der Waals surface area (Å²) in [7, 11) is 4.26. The largest absolute Gasteiger partial charge is 0.497 e. The van der Waals surface area contributed by atoms with E-state index in [0.29, 0.717) is 17.9 Å². The van der Waals surface area contributed by atoms with E-state index in [0.717, 1.165) is 16.9 Å². The van der Waals surface area contributed by atoms with Crippen molar-refractivity contribution in [2.75, 3.05) is 21.3 Å². The molecule has 0 bridgehead atoms. The molecule has 0 saturated carbocycles. The molecule has 2 aromatic carbocycles. The first kappa shape index (κ1) is 31.2. The van der Waals surface area contributed by atoms with Crippen LogP contribution in [0.1, 0.15) is 11.1 Å². The number of ether oxygens (including phenoxy) is 3. The van der Waals surface area contributed by atoms with Gasteiger partial charge in [-0.2, -0.15) is 0 Å². The van der Waals surface area contributed by atoms with Gasteiger partial charge < -0.3 is 25.7 Å². The van der Waals surface area contributed by atoms with Gasteiger partial charge in [0.2, 0.25) is 0 Å². The van der Waals surface area contributed by atoms with Crippen LogP contribution >= 0.6 is 36.4 Å². The Kier molecular flexibility index (Phi) is 16.7. The lowest BCUT2D eigenvalue weighted by molar-refractivity contribution is -0.142. The van der Waals surface area contributed by atoms with Gasteiger partial charge in [-0.05, 0) is 48.2 Å². The molecule has 31 heavy (non-hydrogen) atoms. The Balaban J connectivity index is 0. The van der Waals surface area contributed by atoms with Gasteiger partial charge in [-0.25, -0.2) is 0 Å². The summed E-state index contributed by atoms with van der Waals surface area (Å²) in [6.07, 6.45) is 0.931. The molecule has 4 N–H and O–H groups in total. The number of esters is 2. The third-order valence-electron chi connectivity index (χ3n) is 3.99. The second kappa shape index (κ2) is 16.6. The minimum Gasteiger partial charge on any atom is -0.497 e. The van der Waals surface area contributed by atoms with Crippen molar-refractivity contribution in [3.63, 3.8) is 0 Å². The molecule has 2 aromatic rings. The maximum absolute atomic E-state index is 11.1. The van der Waals surface area contributed by atoms with Crippen LogP contribution < -0.4 is 16.2 Å². The molecule has 10 heteroatoms. The van der Waals surface area contributed by atoms with Gasteiger partial charge in [-0.3, -0.25) is 9.59 Å². The fourth-order valence-corrected chi connectivity index (χ4v) is 2.49. The molecule has 2 unspecified atom stereocenters. The van der Waals surface area contributed by atoms with Crippen molar-refractivity contribution in [3.8, 4) is 5.75 Å². The van der Waals surface area contributed by atoms with E-state index >= 15 is 0 Å². The van der Waals surface area contributed by atoms with Crippen LogP contribution in [-0.2, 0) is 31.9 Å². The molecule has 174 valence electrons. The molecule has 2 rings (SSSR count). The zero-order valence-corrected chi connectivity index (χ0v) is 20.0. The standard InChI is InChI=1S/C11H15NO3.C10H12ClNO2.2ClH/c1-14-9-5-3-8(4-6-9)7-10(12)11(13)15-2;1-14-10(13)9(12)6-7-2-4-8(11)5-3-7;;/h3-6,10H,7,12H2,1-2H3;2-5,9H,6,12H2,1H3;2*1H. The summed E-state index contributed by atoms with van der Waals surface area (Å²) in [5.41, 5.74) is 13.2. The molecular formula is C21H29Cl3N2O5. The summed E-state index contributed by atoms with van der Waals surface area (Å²) in [6.45, 7) is 0. The Labute approximate surface area is 200 Å². The van der Waals surface area contributed by atoms with Crippen LogP contribution in [-0.4, -0.2) is 45.4 Å². The van der Waals surface area contributed by atoms with Gasteiger partial charge in [0.25, 0.3) is 0 Å². The molecule has 0 aliphatic heterocycles. The monoisotopic (exact) mass is 494 g/mol. The zero-order valence-electron chi connectivity index (χ0n) is 17.6. The van der Waals surface area contributed by atoms with E-state index in [9.17, 15) is 9.59 Å². The van der Waals surface area contributed by atoms with Crippen molar-refractivity contribution in [3.05, 3.63) is 64.7 Å². The SMILES string of the molecule is COC(=O)C(N)Cc1ccc(Cl)cc1.COC(=O)C(N)Cc1ccc(OC)cc1.Cl.Cl. The molecule has 0 heterocycles. The number of nitrogens with two attached hydrogens (primary N) is 2. The zero-order chi connectivity index (χ0) is 21.8. The highest BCUT2D eigenvalue weighted by Crippen LogP contribution is 2.12. The van der Waals surface area contributed by atoms with Crippen molar-refractivity contribution < 1.29 is 23.8 Å². The second-order valence-electron chi connectivity index (χ2n) is 6.14. The van der Waals surface area contributed by atoms with Crippen LogP contribution in [0.2, 0.25) is 5.02 Å². The lowest BCUT2D eigenvalue weighted by atomic mass is 10.1. The first-order chi connectivity index (χ1) is 13.8. The summed E-state index contributed by atoms with van der Waals surface area (Å²) in [4.78, 5) is 22.1. The molecule has 0 fully saturated rings. The molecular weight excluding hydrogens is 467 g/mol. The number of halogens is 3. The molecule has 0 spiro atoms. The molecule has 0 aromatic heterocycles. The summed E-state index contributed by atoms with van der Waals surface area (Å²) in [5.74, 6) is -0.0174. The number of methoxy groups -OCH3 is 3. The van der Waals surface area contributed by atoms with Crippen LogP contribution in [0.25, 0.3) is 0 Å². The minimum atomic E-state index is -0.610. The Hall–Kier alpha value is -2.03. The number of carbonyl (C=O) groups is 2. The average Bonchev–Trinajstić information content (AvgIpc) is 2.75. The van der Waals surface area contributed by atoms with Crippen LogP contribution in [0.15, 0.2) is 48.5 Å².